The summed E-state index contributed by atoms with van der Waals surface area (Å²) in [6.07, 6.45) is 11.1. The van der Waals surface area contributed by atoms with E-state index in [1.807, 2.05) is 18.0 Å². The van der Waals surface area contributed by atoms with Gasteiger partial charge in [0, 0.05) is 19.3 Å². The minimum atomic E-state index is -0.909. The van der Waals surface area contributed by atoms with E-state index in [1.165, 1.54) is 32.1 Å². The van der Waals surface area contributed by atoms with E-state index in [0.29, 0.717) is 11.6 Å². The summed E-state index contributed by atoms with van der Waals surface area (Å²) >= 11 is 0. The summed E-state index contributed by atoms with van der Waals surface area (Å²) in [4.78, 5) is 14.4. The van der Waals surface area contributed by atoms with Crippen LogP contribution in [-0.2, 0) is 4.79 Å². The Morgan fingerprint density at radius 3 is 2.52 bits per heavy atom. The Balaban J connectivity index is 2.01. The average molecular weight is 318 g/mol. The third-order valence-corrected chi connectivity index (χ3v) is 4.69. The third kappa shape index (κ3) is 4.71. The Labute approximate surface area is 139 Å². The van der Waals surface area contributed by atoms with E-state index in [-0.39, 0.29) is 12.5 Å². The van der Waals surface area contributed by atoms with Crippen LogP contribution in [0.2, 0.25) is 0 Å². The quantitative estimate of drug-likeness (QED) is 0.819. The molecule has 0 atom stereocenters. The largest absolute Gasteiger partial charge is 0.389 e. The molecule has 0 aromatic rings. The molecule has 0 unspecified atom stereocenters. The number of hydrogen-bond acceptors (Lipinski definition) is 3. The third-order valence-electron chi connectivity index (χ3n) is 4.69. The molecule has 0 saturated heterocycles. The second-order valence-corrected chi connectivity index (χ2v) is 7.33. The van der Waals surface area contributed by atoms with E-state index in [0.717, 1.165) is 17.7 Å². The van der Waals surface area contributed by atoms with Crippen LogP contribution in [0.5, 0.6) is 0 Å². The summed E-state index contributed by atoms with van der Waals surface area (Å²) < 4.78 is 0. The van der Waals surface area contributed by atoms with E-state index in [1.54, 1.807) is 13.8 Å². The lowest BCUT2D eigenvalue weighted by Gasteiger charge is -2.33. The maximum absolute atomic E-state index is 12.4. The standard InChI is InChI=1S/C19H30N2O2/c1-14(15-9-6-5-7-10-15)16-11-8-12-17(21(16)4)18(22)20-13-19(2,3)23/h11-12,15,23H,1,5-10,13H2,2-4H3,(H,20,22). The van der Waals surface area contributed by atoms with E-state index in [4.69, 9.17) is 0 Å². The first-order valence-electron chi connectivity index (χ1n) is 8.63. The molecule has 1 fully saturated rings. The van der Waals surface area contributed by atoms with Crippen molar-refractivity contribution in [2.75, 3.05) is 13.6 Å². The molecule has 4 heteroatoms. The zero-order chi connectivity index (χ0) is 17.0. The van der Waals surface area contributed by atoms with Gasteiger partial charge in [-0.05, 0) is 44.6 Å². The van der Waals surface area contributed by atoms with Gasteiger partial charge in [0.15, 0.2) is 0 Å². The van der Waals surface area contributed by atoms with Crippen LogP contribution in [0.4, 0.5) is 0 Å². The summed E-state index contributed by atoms with van der Waals surface area (Å²) in [5, 5.41) is 12.6. The molecule has 1 heterocycles. The molecule has 23 heavy (non-hydrogen) atoms. The highest BCUT2D eigenvalue weighted by atomic mass is 16.3. The first kappa shape index (κ1) is 17.8. The van der Waals surface area contributed by atoms with Gasteiger partial charge < -0.3 is 15.3 Å². The Morgan fingerprint density at radius 1 is 1.30 bits per heavy atom. The smallest absolute Gasteiger partial charge is 0.267 e. The van der Waals surface area contributed by atoms with Crippen LogP contribution in [0, 0.1) is 5.92 Å². The first-order chi connectivity index (χ1) is 10.8. The molecule has 2 N–H and O–H groups in total. The van der Waals surface area contributed by atoms with Gasteiger partial charge in [-0.3, -0.25) is 4.79 Å². The second-order valence-electron chi connectivity index (χ2n) is 7.33. The molecule has 128 valence electrons. The molecular weight excluding hydrogens is 288 g/mol. The van der Waals surface area contributed by atoms with Gasteiger partial charge in [-0.15, -0.1) is 0 Å². The lowest BCUT2D eigenvalue weighted by atomic mass is 9.82. The second kappa shape index (κ2) is 7.35. The fourth-order valence-electron chi connectivity index (χ4n) is 3.32. The van der Waals surface area contributed by atoms with E-state index < -0.39 is 5.60 Å². The summed E-state index contributed by atoms with van der Waals surface area (Å²) in [5.41, 5.74) is 1.97. The van der Waals surface area contributed by atoms with Gasteiger partial charge >= 0.3 is 0 Å². The number of carbonyl (C=O) groups is 1. The molecule has 1 aliphatic heterocycles. The lowest BCUT2D eigenvalue weighted by Crippen LogP contribution is -2.41. The summed E-state index contributed by atoms with van der Waals surface area (Å²) in [7, 11) is 1.93. The van der Waals surface area contributed by atoms with Gasteiger partial charge in [0.2, 0.25) is 0 Å². The minimum absolute atomic E-state index is 0.142. The van der Waals surface area contributed by atoms with Crippen LogP contribution >= 0.6 is 0 Å². The molecule has 2 aliphatic rings. The molecule has 0 aromatic heterocycles. The predicted molar refractivity (Wildman–Crippen MR) is 93.6 cm³/mol. The maximum Gasteiger partial charge on any atom is 0.267 e. The highest BCUT2D eigenvalue weighted by molar-refractivity contribution is 5.93. The number of allylic oxidation sites excluding steroid dienone is 3. The van der Waals surface area contributed by atoms with Crippen molar-refractivity contribution in [3.63, 3.8) is 0 Å². The molecule has 2 rings (SSSR count). The number of aliphatic hydroxyl groups is 1. The van der Waals surface area contributed by atoms with Gasteiger partial charge in [0.05, 0.1) is 5.60 Å². The number of nitrogens with zero attached hydrogens (tertiary/aromatic N) is 1. The normalized spacial score (nSPS) is 19.9. The van der Waals surface area contributed by atoms with Crippen LogP contribution < -0.4 is 5.32 Å². The number of hydrogen-bond donors (Lipinski definition) is 2. The number of carbonyl (C=O) groups excluding carboxylic acids is 1. The predicted octanol–water partition coefficient (Wildman–Crippen LogP) is 3.11. The highest BCUT2D eigenvalue weighted by Gasteiger charge is 2.26. The Bertz CT molecular complexity index is 520. The number of likely N-dealkylation sites (N-methyl/N-ethyl adjacent to an activating group) is 1. The lowest BCUT2D eigenvalue weighted by molar-refractivity contribution is -0.119. The fraction of sp³-hybridized carbons (Fsp3) is 0.632. The zero-order valence-electron chi connectivity index (χ0n) is 14.7. The molecule has 0 bridgehead atoms. The molecule has 0 radical (unpaired) electrons. The SMILES string of the molecule is C=C(C1=CCC=C(C(=O)NCC(C)(C)O)N1C)C1CCCCC1. The average Bonchev–Trinajstić information content (AvgIpc) is 2.52. The van der Waals surface area contributed by atoms with Crippen LogP contribution in [0.15, 0.2) is 35.7 Å². The molecule has 1 amide bonds. The minimum Gasteiger partial charge on any atom is -0.389 e. The van der Waals surface area contributed by atoms with Crippen LogP contribution in [0.1, 0.15) is 52.4 Å². The first-order valence-corrected chi connectivity index (χ1v) is 8.63. The zero-order valence-corrected chi connectivity index (χ0v) is 14.7. The van der Waals surface area contributed by atoms with Crippen LogP contribution in [0.3, 0.4) is 0 Å². The number of nitrogens with one attached hydrogen (secondary N) is 1. The van der Waals surface area contributed by atoms with Gasteiger partial charge in [-0.25, -0.2) is 0 Å². The topological polar surface area (TPSA) is 52.6 Å². The summed E-state index contributed by atoms with van der Waals surface area (Å²) in [6.45, 7) is 7.92. The molecule has 4 nitrogen and oxygen atoms in total. The molecule has 1 saturated carbocycles. The number of amides is 1. The van der Waals surface area contributed by atoms with Crippen molar-refractivity contribution in [2.45, 2.75) is 58.0 Å². The van der Waals surface area contributed by atoms with Crippen molar-refractivity contribution in [1.29, 1.82) is 0 Å². The molecular formula is C19H30N2O2. The van der Waals surface area contributed by atoms with Gasteiger partial charge in [0.25, 0.3) is 5.91 Å². The van der Waals surface area contributed by atoms with Crippen molar-refractivity contribution in [3.05, 3.63) is 35.7 Å². The van der Waals surface area contributed by atoms with Crippen LogP contribution in [0.25, 0.3) is 0 Å². The molecule has 1 aliphatic carbocycles. The van der Waals surface area contributed by atoms with E-state index >= 15 is 0 Å². The van der Waals surface area contributed by atoms with E-state index in [2.05, 4.69) is 18.0 Å². The van der Waals surface area contributed by atoms with Gasteiger partial charge in [-0.1, -0.05) is 38.0 Å². The fourth-order valence-corrected chi connectivity index (χ4v) is 3.32. The highest BCUT2D eigenvalue weighted by Crippen LogP contribution is 2.35. The summed E-state index contributed by atoms with van der Waals surface area (Å²) in [6, 6.07) is 0. The molecule has 0 spiro atoms. The maximum atomic E-state index is 12.4. The Kier molecular flexibility index (Phi) is 5.69. The van der Waals surface area contributed by atoms with Gasteiger partial charge in [-0.2, -0.15) is 0 Å². The van der Waals surface area contributed by atoms with Crippen molar-refractivity contribution in [2.24, 2.45) is 5.92 Å². The Morgan fingerprint density at radius 2 is 1.91 bits per heavy atom. The van der Waals surface area contributed by atoms with Crippen molar-refractivity contribution in [3.8, 4) is 0 Å². The van der Waals surface area contributed by atoms with Crippen molar-refractivity contribution in [1.82, 2.24) is 10.2 Å². The summed E-state index contributed by atoms with van der Waals surface area (Å²) in [5.74, 6) is 0.396. The monoisotopic (exact) mass is 318 g/mol. The molecule has 0 aromatic carbocycles. The van der Waals surface area contributed by atoms with Crippen LogP contribution in [-0.4, -0.2) is 35.1 Å². The Hall–Kier alpha value is -1.55. The van der Waals surface area contributed by atoms with Crippen molar-refractivity contribution < 1.29 is 9.90 Å². The van der Waals surface area contributed by atoms with Gasteiger partial charge in [0.1, 0.15) is 5.70 Å². The van der Waals surface area contributed by atoms with Crippen molar-refractivity contribution >= 4 is 5.91 Å². The number of rotatable bonds is 5. The van der Waals surface area contributed by atoms with E-state index in [9.17, 15) is 9.90 Å².